The molecule has 3 atom stereocenters. The van der Waals surface area contributed by atoms with Crippen LogP contribution >= 0.6 is 15.9 Å². The second kappa shape index (κ2) is 7.98. The van der Waals surface area contributed by atoms with Gasteiger partial charge in [-0.15, -0.1) is 0 Å². The van der Waals surface area contributed by atoms with E-state index in [1.54, 1.807) is 29.3 Å². The highest BCUT2D eigenvalue weighted by atomic mass is 79.9. The number of esters is 1. The van der Waals surface area contributed by atoms with Crippen molar-refractivity contribution in [1.82, 2.24) is 0 Å². The van der Waals surface area contributed by atoms with Crippen molar-refractivity contribution in [2.75, 3.05) is 0 Å². The predicted octanol–water partition coefficient (Wildman–Crippen LogP) is 5.77. The Morgan fingerprint density at radius 3 is 2.56 bits per heavy atom. The van der Waals surface area contributed by atoms with Crippen LogP contribution in [0.4, 0.5) is 0 Å². The highest BCUT2D eigenvalue weighted by Crippen LogP contribution is 2.59. The molecule has 0 aromatic heterocycles. The Bertz CT molecular complexity index is 886. The van der Waals surface area contributed by atoms with Crippen molar-refractivity contribution >= 4 is 21.9 Å². The first-order valence-corrected chi connectivity index (χ1v) is 9.59. The lowest BCUT2D eigenvalue weighted by Crippen LogP contribution is -2.14. The molecule has 0 amide bonds. The Morgan fingerprint density at radius 1 is 1.19 bits per heavy atom. The van der Waals surface area contributed by atoms with E-state index in [9.17, 15) is 10.1 Å². The third-order valence-corrected chi connectivity index (χ3v) is 5.24. The van der Waals surface area contributed by atoms with Crippen LogP contribution in [-0.4, -0.2) is 5.97 Å². The minimum Gasteiger partial charge on any atom is -0.457 e. The molecule has 0 radical (unpaired) electrons. The summed E-state index contributed by atoms with van der Waals surface area (Å²) < 4.78 is 11.3. The first-order chi connectivity index (χ1) is 13.0. The standard InChI is InChI=1S/C22H20BrNO3/c1-22(2)18(11-12-23)20(22)21(25)27-19(14-24)15-7-6-10-17(13-15)26-16-8-4-3-5-9-16/h3-13,18-20H,1-2H3/b12-11+/t18-,19?,20-/m1/s1. The Hall–Kier alpha value is -2.58. The lowest BCUT2D eigenvalue weighted by molar-refractivity contribution is -0.149. The molecule has 0 spiro atoms. The quantitative estimate of drug-likeness (QED) is 0.551. The number of nitrogens with zero attached hydrogens (tertiary/aromatic N) is 1. The van der Waals surface area contributed by atoms with Gasteiger partial charge in [-0.05, 0) is 40.6 Å². The molecule has 0 bridgehead atoms. The van der Waals surface area contributed by atoms with E-state index in [0.29, 0.717) is 17.1 Å². The monoisotopic (exact) mass is 425 g/mol. The van der Waals surface area contributed by atoms with E-state index in [4.69, 9.17) is 9.47 Å². The molecule has 1 fully saturated rings. The number of carbonyl (C=O) groups is 1. The molecule has 138 valence electrons. The summed E-state index contributed by atoms with van der Waals surface area (Å²) >= 11 is 3.26. The highest BCUT2D eigenvalue weighted by molar-refractivity contribution is 9.11. The molecule has 1 aliphatic rings. The van der Waals surface area contributed by atoms with Gasteiger partial charge in [0.2, 0.25) is 6.10 Å². The second-order valence-electron chi connectivity index (χ2n) is 7.08. The van der Waals surface area contributed by atoms with Crippen LogP contribution in [0.2, 0.25) is 0 Å². The van der Waals surface area contributed by atoms with Crippen LogP contribution in [0, 0.1) is 28.6 Å². The van der Waals surface area contributed by atoms with Crippen molar-refractivity contribution in [2.24, 2.45) is 17.3 Å². The van der Waals surface area contributed by atoms with E-state index in [2.05, 4.69) is 22.0 Å². The van der Waals surface area contributed by atoms with Gasteiger partial charge in [0.25, 0.3) is 0 Å². The van der Waals surface area contributed by atoms with Gasteiger partial charge in [-0.3, -0.25) is 4.79 Å². The maximum absolute atomic E-state index is 12.6. The number of hydrogen-bond acceptors (Lipinski definition) is 4. The third-order valence-electron chi connectivity index (χ3n) is 4.94. The molecular weight excluding hydrogens is 406 g/mol. The fraction of sp³-hybridized carbons (Fsp3) is 0.273. The van der Waals surface area contributed by atoms with E-state index in [0.717, 1.165) is 0 Å². The lowest BCUT2D eigenvalue weighted by Gasteiger charge is -2.13. The summed E-state index contributed by atoms with van der Waals surface area (Å²) in [6.45, 7) is 4.04. The summed E-state index contributed by atoms with van der Waals surface area (Å²) in [5, 5.41) is 9.52. The minimum absolute atomic E-state index is 0.108. The zero-order valence-electron chi connectivity index (χ0n) is 15.1. The molecule has 1 saturated carbocycles. The Balaban J connectivity index is 1.72. The molecule has 0 heterocycles. The van der Waals surface area contributed by atoms with Gasteiger partial charge in [0, 0.05) is 5.56 Å². The zero-order valence-corrected chi connectivity index (χ0v) is 16.7. The van der Waals surface area contributed by atoms with Gasteiger partial charge >= 0.3 is 5.97 Å². The maximum Gasteiger partial charge on any atom is 0.311 e. The van der Waals surface area contributed by atoms with Gasteiger partial charge in [-0.1, -0.05) is 66.2 Å². The topological polar surface area (TPSA) is 59.3 Å². The van der Waals surface area contributed by atoms with Crippen LogP contribution in [0.5, 0.6) is 11.5 Å². The third kappa shape index (κ3) is 4.23. The van der Waals surface area contributed by atoms with Gasteiger partial charge in [0.15, 0.2) is 0 Å². The molecule has 5 heteroatoms. The number of allylic oxidation sites excluding steroid dienone is 1. The molecule has 2 aromatic carbocycles. The van der Waals surface area contributed by atoms with Gasteiger partial charge < -0.3 is 9.47 Å². The SMILES string of the molecule is CC1(C)[C@H](/C=C/Br)[C@@H]1C(=O)OC(C#N)c1cccc(Oc2ccccc2)c1. The number of ether oxygens (including phenoxy) is 2. The second-order valence-corrected chi connectivity index (χ2v) is 7.61. The molecule has 1 aliphatic carbocycles. The largest absolute Gasteiger partial charge is 0.457 e. The van der Waals surface area contributed by atoms with Gasteiger partial charge in [0.1, 0.15) is 17.6 Å². The number of rotatable bonds is 6. The number of hydrogen-bond donors (Lipinski definition) is 0. The van der Waals surface area contributed by atoms with Crippen molar-refractivity contribution in [1.29, 1.82) is 5.26 Å². The zero-order chi connectivity index (χ0) is 19.4. The number of para-hydroxylation sites is 1. The summed E-state index contributed by atoms with van der Waals surface area (Å²) in [4.78, 5) is 14.3. The summed E-state index contributed by atoms with van der Waals surface area (Å²) in [7, 11) is 0. The number of nitriles is 1. The number of carbonyl (C=O) groups excluding carboxylic acids is 1. The summed E-state index contributed by atoms with van der Waals surface area (Å²) in [5.74, 6) is 0.796. The van der Waals surface area contributed by atoms with Gasteiger partial charge in [-0.25, -0.2) is 0 Å². The first kappa shape index (κ1) is 19.2. The van der Waals surface area contributed by atoms with Crippen molar-refractivity contribution in [3.05, 3.63) is 71.2 Å². The van der Waals surface area contributed by atoms with E-state index in [-0.39, 0.29) is 23.2 Å². The number of benzene rings is 2. The van der Waals surface area contributed by atoms with Crippen molar-refractivity contribution < 1.29 is 14.3 Å². The predicted molar refractivity (Wildman–Crippen MR) is 106 cm³/mol. The van der Waals surface area contributed by atoms with E-state index >= 15 is 0 Å². The minimum atomic E-state index is -0.971. The first-order valence-electron chi connectivity index (χ1n) is 8.67. The van der Waals surface area contributed by atoms with Crippen molar-refractivity contribution in [3.63, 3.8) is 0 Å². The summed E-state index contributed by atoms with van der Waals surface area (Å²) in [6.07, 6.45) is 0.976. The molecule has 0 saturated heterocycles. The van der Waals surface area contributed by atoms with Crippen LogP contribution in [-0.2, 0) is 9.53 Å². The highest BCUT2D eigenvalue weighted by Gasteiger charge is 2.61. The van der Waals surface area contributed by atoms with Crippen LogP contribution in [0.25, 0.3) is 0 Å². The van der Waals surface area contributed by atoms with Gasteiger partial charge in [-0.2, -0.15) is 5.26 Å². The Kier molecular flexibility index (Phi) is 5.67. The fourth-order valence-electron chi connectivity index (χ4n) is 3.29. The maximum atomic E-state index is 12.6. The smallest absolute Gasteiger partial charge is 0.311 e. The molecular formula is C22H20BrNO3. The van der Waals surface area contributed by atoms with Crippen molar-refractivity contribution in [2.45, 2.75) is 20.0 Å². The number of halogens is 1. The van der Waals surface area contributed by atoms with Crippen molar-refractivity contribution in [3.8, 4) is 17.6 Å². The van der Waals surface area contributed by atoms with E-state index in [1.807, 2.05) is 50.3 Å². The molecule has 0 N–H and O–H groups in total. The van der Waals surface area contributed by atoms with Crippen LogP contribution < -0.4 is 4.74 Å². The Morgan fingerprint density at radius 2 is 1.89 bits per heavy atom. The molecule has 1 unspecified atom stereocenters. The summed E-state index contributed by atoms with van der Waals surface area (Å²) in [5.41, 5.74) is 0.421. The molecule has 0 aliphatic heterocycles. The van der Waals surface area contributed by atoms with E-state index < -0.39 is 6.10 Å². The average molecular weight is 426 g/mol. The van der Waals surface area contributed by atoms with Crippen LogP contribution in [0.15, 0.2) is 65.7 Å². The van der Waals surface area contributed by atoms with Crippen LogP contribution in [0.1, 0.15) is 25.5 Å². The molecule has 27 heavy (non-hydrogen) atoms. The van der Waals surface area contributed by atoms with Gasteiger partial charge in [0.05, 0.1) is 5.92 Å². The molecule has 4 nitrogen and oxygen atoms in total. The average Bonchev–Trinajstić information content (AvgIpc) is 3.21. The van der Waals surface area contributed by atoms with Crippen LogP contribution in [0.3, 0.4) is 0 Å². The molecule has 3 rings (SSSR count). The fourth-order valence-corrected chi connectivity index (χ4v) is 3.62. The van der Waals surface area contributed by atoms with E-state index in [1.165, 1.54) is 0 Å². The summed E-state index contributed by atoms with van der Waals surface area (Å²) in [6, 6.07) is 18.5. The molecule has 2 aromatic rings. The lowest BCUT2D eigenvalue weighted by atomic mass is 10.1. The Labute approximate surface area is 167 Å². The normalized spacial score (nSPS) is 21.3.